The number of nitrogens with zero attached hydrogens (tertiary/aromatic N) is 1. The fraction of sp³-hybridized carbons (Fsp3) is 0.333. The molecule has 1 amide bonds. The lowest BCUT2D eigenvalue weighted by molar-refractivity contribution is -0.145. The van der Waals surface area contributed by atoms with Crippen LogP contribution >= 0.6 is 11.6 Å². The Balaban J connectivity index is 1.88. The molecule has 1 saturated heterocycles. The van der Waals surface area contributed by atoms with Crippen LogP contribution in [0.25, 0.3) is 0 Å². The van der Waals surface area contributed by atoms with Gasteiger partial charge in [0.2, 0.25) is 6.10 Å². The third kappa shape index (κ3) is 4.81. The number of benzene rings is 2. The molecule has 0 unspecified atom stereocenters. The van der Waals surface area contributed by atoms with Gasteiger partial charge in [-0.3, -0.25) is 4.79 Å². The predicted octanol–water partition coefficient (Wildman–Crippen LogP) is 3.11. The Bertz CT molecular complexity index is 867. The molecular weight excluding hydrogens is 398 g/mol. The lowest BCUT2D eigenvalue weighted by Crippen LogP contribution is -2.44. The minimum absolute atomic E-state index is 0.156. The van der Waals surface area contributed by atoms with Crippen molar-refractivity contribution in [1.29, 1.82) is 0 Å². The Morgan fingerprint density at radius 1 is 1.07 bits per heavy atom. The number of rotatable bonds is 6. The summed E-state index contributed by atoms with van der Waals surface area (Å²) in [6, 6.07) is 11.8. The van der Waals surface area contributed by atoms with Crippen LogP contribution in [0.3, 0.4) is 0 Å². The molecule has 1 heterocycles. The maximum Gasteiger partial charge on any atom is 0.339 e. The van der Waals surface area contributed by atoms with Crippen molar-refractivity contribution in [2.45, 2.75) is 6.10 Å². The second-order valence-electron chi connectivity index (χ2n) is 6.33. The van der Waals surface area contributed by atoms with Gasteiger partial charge in [0.05, 0.1) is 38.0 Å². The van der Waals surface area contributed by atoms with Gasteiger partial charge < -0.3 is 23.8 Å². The molecule has 8 heteroatoms. The summed E-state index contributed by atoms with van der Waals surface area (Å²) in [6.07, 6.45) is -1.08. The Hall–Kier alpha value is -2.77. The van der Waals surface area contributed by atoms with Gasteiger partial charge in [0.25, 0.3) is 5.91 Å². The molecule has 1 atom stereocenters. The van der Waals surface area contributed by atoms with Gasteiger partial charge in [-0.2, -0.15) is 0 Å². The first-order valence-electron chi connectivity index (χ1n) is 9.09. The van der Waals surface area contributed by atoms with Gasteiger partial charge in [-0.1, -0.05) is 41.9 Å². The van der Waals surface area contributed by atoms with Crippen molar-refractivity contribution in [3.63, 3.8) is 0 Å². The zero-order chi connectivity index (χ0) is 20.8. The zero-order valence-corrected chi connectivity index (χ0v) is 17.0. The van der Waals surface area contributed by atoms with E-state index in [4.69, 9.17) is 30.5 Å². The number of morpholine rings is 1. The minimum atomic E-state index is -1.08. The molecule has 29 heavy (non-hydrogen) atoms. The number of carbonyl (C=O) groups is 2. The summed E-state index contributed by atoms with van der Waals surface area (Å²) >= 11 is 6.19. The Labute approximate surface area is 174 Å². The van der Waals surface area contributed by atoms with Gasteiger partial charge in [0.15, 0.2) is 11.5 Å². The van der Waals surface area contributed by atoms with Gasteiger partial charge in [-0.25, -0.2) is 4.79 Å². The van der Waals surface area contributed by atoms with Crippen LogP contribution in [0.1, 0.15) is 22.0 Å². The molecule has 0 N–H and O–H groups in total. The van der Waals surface area contributed by atoms with Crippen molar-refractivity contribution in [2.24, 2.45) is 0 Å². The average Bonchev–Trinajstić information content (AvgIpc) is 2.77. The first-order chi connectivity index (χ1) is 14.0. The van der Waals surface area contributed by atoms with E-state index in [2.05, 4.69) is 0 Å². The lowest BCUT2D eigenvalue weighted by atomic mass is 10.1. The highest BCUT2D eigenvalue weighted by Gasteiger charge is 2.31. The monoisotopic (exact) mass is 419 g/mol. The fourth-order valence-electron chi connectivity index (χ4n) is 3.05. The zero-order valence-electron chi connectivity index (χ0n) is 16.2. The summed E-state index contributed by atoms with van der Waals surface area (Å²) in [4.78, 5) is 27.6. The van der Waals surface area contributed by atoms with Gasteiger partial charge >= 0.3 is 5.97 Å². The Morgan fingerprint density at radius 3 is 2.38 bits per heavy atom. The number of esters is 1. The average molecular weight is 420 g/mol. The number of ether oxygens (including phenoxy) is 4. The van der Waals surface area contributed by atoms with Crippen LogP contribution in [-0.4, -0.2) is 57.3 Å². The molecule has 3 rings (SSSR count). The van der Waals surface area contributed by atoms with Crippen LogP contribution in [0.4, 0.5) is 0 Å². The molecule has 1 aliphatic heterocycles. The summed E-state index contributed by atoms with van der Waals surface area (Å²) in [5, 5.41) is 0.203. The summed E-state index contributed by atoms with van der Waals surface area (Å²) < 4.78 is 21.4. The standard InChI is InChI=1S/C21H22ClNO6/c1-26-17-13-15(12-16(22)19(17)27-2)21(25)29-18(14-6-4-3-5-7-14)20(24)23-8-10-28-11-9-23/h3-7,12-13,18H,8-11H2,1-2H3/t18-/m1/s1. The number of methoxy groups -OCH3 is 2. The van der Waals surface area contributed by atoms with Crippen molar-refractivity contribution >= 4 is 23.5 Å². The van der Waals surface area contributed by atoms with Crippen molar-refractivity contribution in [2.75, 3.05) is 40.5 Å². The van der Waals surface area contributed by atoms with E-state index in [1.165, 1.54) is 26.4 Å². The lowest BCUT2D eigenvalue weighted by Gasteiger charge is -2.30. The number of carbonyl (C=O) groups excluding carboxylic acids is 2. The Kier molecular flexibility index (Phi) is 6.95. The van der Waals surface area contributed by atoms with E-state index in [0.29, 0.717) is 43.4 Å². The summed E-state index contributed by atoms with van der Waals surface area (Å²) in [7, 11) is 2.90. The molecule has 0 aliphatic carbocycles. The molecule has 7 nitrogen and oxygen atoms in total. The first kappa shape index (κ1) is 21.0. The third-order valence-corrected chi connectivity index (χ3v) is 4.82. The van der Waals surface area contributed by atoms with Gasteiger partial charge in [-0.05, 0) is 12.1 Å². The smallest absolute Gasteiger partial charge is 0.339 e. The normalized spacial score (nSPS) is 14.8. The van der Waals surface area contributed by atoms with Gasteiger partial charge in [0, 0.05) is 18.7 Å². The molecule has 2 aromatic carbocycles. The van der Waals surface area contributed by atoms with Crippen LogP contribution < -0.4 is 9.47 Å². The van der Waals surface area contributed by atoms with Crippen molar-refractivity contribution in [3.05, 3.63) is 58.6 Å². The quantitative estimate of drug-likeness (QED) is 0.670. The molecule has 2 aromatic rings. The molecule has 0 aromatic heterocycles. The number of hydrogen-bond donors (Lipinski definition) is 0. The molecule has 0 saturated carbocycles. The van der Waals surface area contributed by atoms with E-state index >= 15 is 0 Å². The first-order valence-corrected chi connectivity index (χ1v) is 9.47. The highest BCUT2D eigenvalue weighted by atomic mass is 35.5. The SMILES string of the molecule is COc1cc(C(=O)O[C@@H](C(=O)N2CCOCC2)c2ccccc2)cc(Cl)c1OC. The van der Waals surface area contributed by atoms with Gasteiger partial charge in [0.1, 0.15) is 0 Å². The van der Waals surface area contributed by atoms with E-state index in [-0.39, 0.29) is 16.5 Å². The summed E-state index contributed by atoms with van der Waals surface area (Å²) in [5.41, 5.74) is 0.743. The minimum Gasteiger partial charge on any atom is -0.493 e. The molecule has 0 bridgehead atoms. The number of halogens is 1. The molecule has 1 aliphatic rings. The molecule has 154 valence electrons. The van der Waals surface area contributed by atoms with Crippen LogP contribution in [0, 0.1) is 0 Å². The van der Waals surface area contributed by atoms with Crippen LogP contribution in [0.15, 0.2) is 42.5 Å². The topological polar surface area (TPSA) is 74.3 Å². The van der Waals surface area contributed by atoms with E-state index in [1.807, 2.05) is 6.07 Å². The Morgan fingerprint density at radius 2 is 1.76 bits per heavy atom. The highest BCUT2D eigenvalue weighted by Crippen LogP contribution is 2.36. The van der Waals surface area contributed by atoms with Crippen molar-refractivity contribution < 1.29 is 28.5 Å². The molecule has 0 spiro atoms. The number of hydrogen-bond acceptors (Lipinski definition) is 6. The van der Waals surface area contributed by atoms with E-state index in [0.717, 1.165) is 0 Å². The largest absolute Gasteiger partial charge is 0.493 e. The second-order valence-corrected chi connectivity index (χ2v) is 6.73. The van der Waals surface area contributed by atoms with E-state index < -0.39 is 12.1 Å². The third-order valence-electron chi connectivity index (χ3n) is 4.54. The molecule has 0 radical (unpaired) electrons. The summed E-state index contributed by atoms with van der Waals surface area (Å²) in [6.45, 7) is 1.79. The van der Waals surface area contributed by atoms with Gasteiger partial charge in [-0.15, -0.1) is 0 Å². The van der Waals surface area contributed by atoms with Crippen molar-refractivity contribution in [3.8, 4) is 11.5 Å². The predicted molar refractivity (Wildman–Crippen MR) is 107 cm³/mol. The van der Waals surface area contributed by atoms with E-state index in [1.54, 1.807) is 29.2 Å². The van der Waals surface area contributed by atoms with E-state index in [9.17, 15) is 9.59 Å². The number of amides is 1. The van der Waals surface area contributed by atoms with Crippen LogP contribution in [0.5, 0.6) is 11.5 Å². The maximum atomic E-state index is 13.1. The maximum absolute atomic E-state index is 13.1. The van der Waals surface area contributed by atoms with Crippen molar-refractivity contribution in [1.82, 2.24) is 4.90 Å². The highest BCUT2D eigenvalue weighted by molar-refractivity contribution is 6.32. The molecular formula is C21H22ClNO6. The second kappa shape index (κ2) is 9.62. The fourth-order valence-corrected chi connectivity index (χ4v) is 3.34. The van der Waals surface area contributed by atoms with Crippen LogP contribution in [-0.2, 0) is 14.3 Å². The molecule has 1 fully saturated rings. The van der Waals surface area contributed by atoms with Crippen LogP contribution in [0.2, 0.25) is 5.02 Å². The summed E-state index contributed by atoms with van der Waals surface area (Å²) in [5.74, 6) is -0.375.